The van der Waals surface area contributed by atoms with Crippen molar-refractivity contribution in [3.8, 4) is 5.82 Å². The summed E-state index contributed by atoms with van der Waals surface area (Å²) < 4.78 is 1.59. The summed E-state index contributed by atoms with van der Waals surface area (Å²) in [5, 5.41) is 16.6. The first-order chi connectivity index (χ1) is 13.4. The Balaban J connectivity index is 1.82. The molecule has 0 aliphatic carbocycles. The fourth-order valence-electron chi connectivity index (χ4n) is 2.86. The van der Waals surface area contributed by atoms with Crippen LogP contribution in [0.1, 0.15) is 24.2 Å². The Labute approximate surface area is 159 Å². The van der Waals surface area contributed by atoms with Gasteiger partial charge >= 0.3 is 5.82 Å². The number of aromatic nitrogens is 6. The van der Waals surface area contributed by atoms with Crippen molar-refractivity contribution in [3.63, 3.8) is 0 Å². The molecule has 0 radical (unpaired) electrons. The molecule has 0 atom stereocenters. The summed E-state index contributed by atoms with van der Waals surface area (Å²) in [6, 6.07) is 7.54. The predicted molar refractivity (Wildman–Crippen MR) is 99.8 cm³/mol. The summed E-state index contributed by atoms with van der Waals surface area (Å²) in [5.74, 6) is 0.0867. The summed E-state index contributed by atoms with van der Waals surface area (Å²) in [4.78, 5) is 31.2. The van der Waals surface area contributed by atoms with Crippen LogP contribution in [-0.4, -0.2) is 55.3 Å². The molecule has 3 heterocycles. The quantitative estimate of drug-likeness (QED) is 0.422. The fraction of sp³-hybridized carbons (Fsp3) is 0.278. The lowest BCUT2D eigenvalue weighted by Gasteiger charge is -2.22. The molecule has 0 unspecified atom stereocenters. The number of para-hydroxylation sites is 2. The van der Waals surface area contributed by atoms with E-state index >= 15 is 0 Å². The number of carbonyl (C=O) groups is 1. The number of amides is 1. The van der Waals surface area contributed by atoms with E-state index in [1.54, 1.807) is 30.9 Å². The summed E-state index contributed by atoms with van der Waals surface area (Å²) in [5.41, 5.74) is 2.01. The van der Waals surface area contributed by atoms with Crippen LogP contribution in [0.2, 0.25) is 0 Å². The third-order valence-corrected chi connectivity index (χ3v) is 4.34. The average molecular weight is 382 g/mol. The molecule has 3 N–H and O–H groups in total. The van der Waals surface area contributed by atoms with Crippen LogP contribution in [0, 0.1) is 0 Å². The highest BCUT2D eigenvalue weighted by Gasteiger charge is 2.26. The van der Waals surface area contributed by atoms with Crippen molar-refractivity contribution in [1.82, 2.24) is 30.3 Å². The fourth-order valence-corrected chi connectivity index (χ4v) is 2.86. The van der Waals surface area contributed by atoms with Crippen LogP contribution in [0.4, 0.5) is 0 Å². The van der Waals surface area contributed by atoms with Gasteiger partial charge in [-0.1, -0.05) is 21.8 Å². The zero-order valence-corrected chi connectivity index (χ0v) is 15.7. The Morgan fingerprint density at radius 2 is 2.18 bits per heavy atom. The molecule has 10 heteroatoms. The Kier molecular flexibility index (Phi) is 4.19. The number of carbonyl (C=O) groups excluding carboxylic acids is 1. The van der Waals surface area contributed by atoms with Crippen LogP contribution in [-0.2, 0) is 0 Å². The lowest BCUT2D eigenvalue weighted by Crippen LogP contribution is -2.46. The highest BCUT2D eigenvalue weighted by atomic mass is 16.7. The van der Waals surface area contributed by atoms with Crippen LogP contribution in [0.15, 0.2) is 36.7 Å². The summed E-state index contributed by atoms with van der Waals surface area (Å²) in [6.45, 7) is 3.28. The highest BCUT2D eigenvalue weighted by molar-refractivity contribution is 6.04. The Hall–Kier alpha value is -3.53. The molecule has 0 aliphatic rings. The van der Waals surface area contributed by atoms with Crippen molar-refractivity contribution < 1.29 is 19.4 Å². The summed E-state index contributed by atoms with van der Waals surface area (Å²) in [7, 11) is 1.52. The first-order valence-electron chi connectivity index (χ1n) is 8.66. The van der Waals surface area contributed by atoms with E-state index in [-0.39, 0.29) is 12.5 Å². The molecular weight excluding hydrogens is 362 g/mol. The van der Waals surface area contributed by atoms with Gasteiger partial charge in [0.15, 0.2) is 16.7 Å². The van der Waals surface area contributed by atoms with Crippen LogP contribution in [0.3, 0.4) is 0 Å². The third kappa shape index (κ3) is 2.93. The first kappa shape index (κ1) is 17.9. The number of rotatable bonds is 5. The van der Waals surface area contributed by atoms with Gasteiger partial charge in [-0.2, -0.15) is 0 Å². The molecule has 0 fully saturated rings. The van der Waals surface area contributed by atoms with Gasteiger partial charge in [0.25, 0.3) is 5.91 Å². The lowest BCUT2D eigenvalue weighted by molar-refractivity contribution is -0.643. The second kappa shape index (κ2) is 6.57. The monoisotopic (exact) mass is 382 g/mol. The SMILES string of the molecule is COn1n[n+](-c2cnc3[nH]cc(C(=O)NC(C)(C)CO)c3n2)c2ccccc21. The van der Waals surface area contributed by atoms with Crippen molar-refractivity contribution in [2.75, 3.05) is 13.7 Å². The van der Waals surface area contributed by atoms with Gasteiger partial charge in [0.2, 0.25) is 5.52 Å². The summed E-state index contributed by atoms with van der Waals surface area (Å²) >= 11 is 0. The molecule has 0 saturated heterocycles. The second-order valence-corrected chi connectivity index (χ2v) is 6.97. The van der Waals surface area contributed by atoms with Crippen LogP contribution < -0.4 is 14.8 Å². The van der Waals surface area contributed by atoms with E-state index in [2.05, 4.69) is 25.5 Å². The number of benzene rings is 1. The number of H-pyrrole nitrogens is 1. The average Bonchev–Trinajstić information content (AvgIpc) is 3.28. The van der Waals surface area contributed by atoms with E-state index in [1.807, 2.05) is 24.3 Å². The number of fused-ring (bicyclic) bond motifs is 2. The molecule has 0 saturated carbocycles. The van der Waals surface area contributed by atoms with Gasteiger partial charge in [0.1, 0.15) is 18.9 Å². The highest BCUT2D eigenvalue weighted by Crippen LogP contribution is 2.17. The minimum absolute atomic E-state index is 0.186. The standard InChI is InChI=1S/C18H19N7O3/c1-18(2,10-26)22-17(27)11-8-19-16-15(11)21-14(9-20-16)24-12-6-4-5-7-13(12)25(23-24)28-3/h4-9,26H,10H2,1-3H3,(H-,19,20,21,22,23,27)/p+1. The van der Waals surface area contributed by atoms with E-state index in [9.17, 15) is 9.90 Å². The van der Waals surface area contributed by atoms with Crippen LogP contribution in [0.25, 0.3) is 28.0 Å². The molecule has 0 spiro atoms. The van der Waals surface area contributed by atoms with E-state index < -0.39 is 5.54 Å². The summed E-state index contributed by atoms with van der Waals surface area (Å²) in [6.07, 6.45) is 3.12. The van der Waals surface area contributed by atoms with Crippen LogP contribution >= 0.6 is 0 Å². The number of nitrogens with zero attached hydrogens (tertiary/aromatic N) is 5. The van der Waals surface area contributed by atoms with Crippen molar-refractivity contribution in [3.05, 3.63) is 42.2 Å². The lowest BCUT2D eigenvalue weighted by atomic mass is 10.1. The molecule has 10 nitrogen and oxygen atoms in total. The third-order valence-electron chi connectivity index (χ3n) is 4.34. The van der Waals surface area contributed by atoms with Gasteiger partial charge < -0.3 is 20.2 Å². The first-order valence-corrected chi connectivity index (χ1v) is 8.66. The number of hydrogen-bond donors (Lipinski definition) is 3. The molecule has 28 heavy (non-hydrogen) atoms. The van der Waals surface area contributed by atoms with Crippen molar-refractivity contribution in [2.24, 2.45) is 0 Å². The van der Waals surface area contributed by atoms with Gasteiger partial charge in [-0.05, 0) is 26.0 Å². The molecule has 1 amide bonds. The maximum Gasteiger partial charge on any atom is 0.306 e. The maximum atomic E-state index is 12.6. The normalized spacial score (nSPS) is 11.9. The molecule has 4 aromatic rings. The smallest absolute Gasteiger partial charge is 0.306 e. The number of aromatic amines is 1. The number of nitrogens with one attached hydrogen (secondary N) is 2. The molecule has 0 aliphatic heterocycles. The maximum absolute atomic E-state index is 12.6. The topological polar surface area (TPSA) is 122 Å². The molecule has 3 aromatic heterocycles. The molecular formula is C18H20N7O3+. The molecule has 0 bridgehead atoms. The van der Waals surface area contributed by atoms with E-state index in [4.69, 9.17) is 4.84 Å². The molecule has 4 rings (SSSR count). The van der Waals surface area contributed by atoms with Gasteiger partial charge in [-0.25, -0.2) is 4.98 Å². The zero-order chi connectivity index (χ0) is 19.9. The Morgan fingerprint density at radius 3 is 2.93 bits per heavy atom. The zero-order valence-electron chi connectivity index (χ0n) is 15.7. The largest absolute Gasteiger partial charge is 0.394 e. The van der Waals surface area contributed by atoms with E-state index in [0.29, 0.717) is 22.5 Å². The predicted octanol–water partition coefficient (Wildman–Crippen LogP) is 0.143. The van der Waals surface area contributed by atoms with Gasteiger partial charge in [-0.3, -0.25) is 4.79 Å². The van der Waals surface area contributed by atoms with E-state index in [1.165, 1.54) is 12.0 Å². The number of aliphatic hydroxyl groups is 1. The van der Waals surface area contributed by atoms with Crippen LogP contribution in [0.5, 0.6) is 0 Å². The molecule has 144 valence electrons. The Bertz CT molecular complexity index is 1180. The van der Waals surface area contributed by atoms with Crippen molar-refractivity contribution >= 4 is 28.1 Å². The second-order valence-electron chi connectivity index (χ2n) is 6.97. The van der Waals surface area contributed by atoms with Gasteiger partial charge in [0.05, 0.1) is 17.4 Å². The number of aliphatic hydroxyl groups excluding tert-OH is 1. The van der Waals surface area contributed by atoms with Gasteiger partial charge in [-0.15, -0.1) is 0 Å². The number of hydrogen-bond acceptors (Lipinski definition) is 6. The van der Waals surface area contributed by atoms with Crippen molar-refractivity contribution in [2.45, 2.75) is 19.4 Å². The minimum Gasteiger partial charge on any atom is -0.394 e. The molecule has 1 aromatic carbocycles. The van der Waals surface area contributed by atoms with Crippen molar-refractivity contribution in [1.29, 1.82) is 0 Å². The minimum atomic E-state index is -0.756. The van der Waals surface area contributed by atoms with Gasteiger partial charge in [0, 0.05) is 11.0 Å². The van der Waals surface area contributed by atoms with E-state index in [0.717, 1.165) is 11.0 Å². The Morgan fingerprint density at radius 1 is 1.39 bits per heavy atom.